The van der Waals surface area contributed by atoms with Gasteiger partial charge in [-0.05, 0) is 25.1 Å². The molecule has 22 heavy (non-hydrogen) atoms. The summed E-state index contributed by atoms with van der Waals surface area (Å²) in [6.07, 6.45) is 1.72. The van der Waals surface area contributed by atoms with Crippen LogP contribution in [0.1, 0.15) is 5.69 Å². The van der Waals surface area contributed by atoms with Crippen molar-refractivity contribution in [1.82, 2.24) is 15.2 Å². The summed E-state index contributed by atoms with van der Waals surface area (Å²) in [4.78, 5) is 4.28. The van der Waals surface area contributed by atoms with Crippen molar-refractivity contribution in [1.29, 1.82) is 0 Å². The Hall–Kier alpha value is -3.08. The molecule has 0 saturated heterocycles. The Balaban J connectivity index is 1.62. The van der Waals surface area contributed by atoms with E-state index >= 15 is 0 Å². The van der Waals surface area contributed by atoms with Gasteiger partial charge in [0.25, 0.3) is 6.01 Å². The van der Waals surface area contributed by atoms with Gasteiger partial charge in [0, 0.05) is 16.6 Å². The summed E-state index contributed by atoms with van der Waals surface area (Å²) in [6.45, 7) is 1.97. The van der Waals surface area contributed by atoms with Crippen molar-refractivity contribution in [2.45, 2.75) is 6.92 Å². The molecule has 2 aromatic carbocycles. The fourth-order valence-electron chi connectivity index (χ4n) is 2.41. The predicted octanol–water partition coefficient (Wildman–Crippen LogP) is 4.27. The zero-order chi connectivity index (χ0) is 14.9. The van der Waals surface area contributed by atoms with E-state index in [0.29, 0.717) is 6.01 Å². The summed E-state index contributed by atoms with van der Waals surface area (Å²) < 4.78 is 5.75. The maximum atomic E-state index is 5.75. The predicted molar refractivity (Wildman–Crippen MR) is 86.1 cm³/mol. The largest absolute Gasteiger partial charge is 0.423 e. The highest BCUT2D eigenvalue weighted by Gasteiger charge is 2.07. The monoisotopic (exact) mass is 290 g/mol. The van der Waals surface area contributed by atoms with Crippen molar-refractivity contribution >= 4 is 22.6 Å². The maximum absolute atomic E-state index is 5.75. The number of hydrogen-bond acceptors (Lipinski definition) is 4. The summed E-state index contributed by atoms with van der Waals surface area (Å²) in [6, 6.07) is 16.4. The lowest BCUT2D eigenvalue weighted by molar-refractivity contribution is 0.592. The molecule has 0 aliphatic rings. The molecule has 4 aromatic rings. The lowest BCUT2D eigenvalue weighted by Gasteiger charge is -2.02. The van der Waals surface area contributed by atoms with Crippen molar-refractivity contribution < 1.29 is 4.42 Å². The average molecular weight is 290 g/mol. The first-order chi connectivity index (χ1) is 10.8. The Morgan fingerprint density at radius 3 is 2.82 bits per heavy atom. The molecular formula is C17H14N4O. The minimum absolute atomic E-state index is 0.472. The first-order valence-electron chi connectivity index (χ1n) is 7.02. The summed E-state index contributed by atoms with van der Waals surface area (Å²) in [5.41, 5.74) is 3.90. The Bertz CT molecular complexity index is 924. The molecule has 108 valence electrons. The molecule has 2 aromatic heterocycles. The minimum atomic E-state index is 0.472. The SMILES string of the molecule is Cc1n[nH]c2ccc(Nc3ncc(-c4ccccc4)o3)cc12. The summed E-state index contributed by atoms with van der Waals surface area (Å²) in [5, 5.41) is 11.5. The Kier molecular flexibility index (Phi) is 2.89. The van der Waals surface area contributed by atoms with E-state index in [-0.39, 0.29) is 0 Å². The third-order valence-corrected chi connectivity index (χ3v) is 3.57. The van der Waals surface area contributed by atoms with Crippen molar-refractivity contribution in [3.63, 3.8) is 0 Å². The fraction of sp³-hybridized carbons (Fsp3) is 0.0588. The standard InChI is InChI=1S/C17H14N4O/c1-11-14-9-13(7-8-15(14)21-20-11)19-17-18-10-16(22-17)12-5-3-2-4-6-12/h2-10H,1H3,(H,18,19)(H,20,21). The van der Waals surface area contributed by atoms with Gasteiger partial charge >= 0.3 is 0 Å². The van der Waals surface area contributed by atoms with Crippen molar-refractivity contribution in [3.05, 3.63) is 60.4 Å². The molecule has 0 spiro atoms. The van der Waals surface area contributed by atoms with Crippen LogP contribution < -0.4 is 5.32 Å². The summed E-state index contributed by atoms with van der Waals surface area (Å²) in [7, 11) is 0. The average Bonchev–Trinajstić information content (AvgIpc) is 3.16. The third kappa shape index (κ3) is 2.22. The van der Waals surface area contributed by atoms with Crippen LogP contribution in [0.15, 0.2) is 59.1 Å². The number of aryl methyl sites for hydroxylation is 1. The molecular weight excluding hydrogens is 276 g/mol. The zero-order valence-corrected chi connectivity index (χ0v) is 12.0. The molecule has 4 rings (SSSR count). The smallest absolute Gasteiger partial charge is 0.299 e. The minimum Gasteiger partial charge on any atom is -0.423 e. The van der Waals surface area contributed by atoms with Crippen molar-refractivity contribution in [2.75, 3.05) is 5.32 Å². The van der Waals surface area contributed by atoms with Crippen LogP contribution in [0, 0.1) is 6.92 Å². The molecule has 0 fully saturated rings. The second kappa shape index (κ2) is 5.04. The molecule has 0 aliphatic heterocycles. The Morgan fingerprint density at radius 1 is 1.09 bits per heavy atom. The number of aromatic nitrogens is 3. The molecule has 5 nitrogen and oxygen atoms in total. The zero-order valence-electron chi connectivity index (χ0n) is 12.0. The van der Waals surface area contributed by atoms with E-state index in [1.54, 1.807) is 6.20 Å². The molecule has 0 bridgehead atoms. The highest BCUT2D eigenvalue weighted by Crippen LogP contribution is 2.26. The molecule has 5 heteroatoms. The van der Waals surface area contributed by atoms with E-state index < -0.39 is 0 Å². The van der Waals surface area contributed by atoms with Crippen LogP contribution in [-0.2, 0) is 0 Å². The van der Waals surface area contributed by atoms with Crippen molar-refractivity contribution in [2.24, 2.45) is 0 Å². The number of oxazole rings is 1. The quantitative estimate of drug-likeness (QED) is 0.591. The summed E-state index contributed by atoms with van der Waals surface area (Å²) in [5.74, 6) is 0.740. The van der Waals surface area contributed by atoms with Gasteiger partial charge in [-0.15, -0.1) is 0 Å². The molecule has 0 unspecified atom stereocenters. The van der Waals surface area contributed by atoms with Gasteiger partial charge in [-0.2, -0.15) is 5.10 Å². The van der Waals surface area contributed by atoms with Gasteiger partial charge in [0.05, 0.1) is 17.4 Å². The highest BCUT2D eigenvalue weighted by molar-refractivity contribution is 5.85. The van der Waals surface area contributed by atoms with Crippen LogP contribution in [0.5, 0.6) is 0 Å². The van der Waals surface area contributed by atoms with Crippen molar-refractivity contribution in [3.8, 4) is 11.3 Å². The van der Waals surface area contributed by atoms with E-state index in [0.717, 1.165) is 33.6 Å². The number of hydrogen-bond donors (Lipinski definition) is 2. The molecule has 0 amide bonds. The van der Waals surface area contributed by atoms with Gasteiger partial charge in [0.15, 0.2) is 5.76 Å². The molecule has 0 saturated carbocycles. The maximum Gasteiger partial charge on any atom is 0.299 e. The Morgan fingerprint density at radius 2 is 1.95 bits per heavy atom. The number of aromatic amines is 1. The van der Waals surface area contributed by atoms with Crippen LogP contribution in [0.3, 0.4) is 0 Å². The van der Waals surface area contributed by atoms with Crippen LogP contribution in [-0.4, -0.2) is 15.2 Å². The number of benzene rings is 2. The first kappa shape index (κ1) is 12.6. The number of H-pyrrole nitrogens is 1. The number of anilines is 2. The lowest BCUT2D eigenvalue weighted by Crippen LogP contribution is -1.89. The van der Waals surface area contributed by atoms with Crippen LogP contribution in [0.2, 0.25) is 0 Å². The molecule has 0 radical (unpaired) electrons. The number of nitrogens with one attached hydrogen (secondary N) is 2. The Labute approximate surface area is 127 Å². The van der Waals surface area contributed by atoms with E-state index in [9.17, 15) is 0 Å². The third-order valence-electron chi connectivity index (χ3n) is 3.57. The number of fused-ring (bicyclic) bond motifs is 1. The lowest BCUT2D eigenvalue weighted by atomic mass is 10.2. The highest BCUT2D eigenvalue weighted by atomic mass is 16.4. The number of rotatable bonds is 3. The van der Waals surface area contributed by atoms with E-state index in [4.69, 9.17) is 4.42 Å². The second-order valence-corrected chi connectivity index (χ2v) is 5.09. The topological polar surface area (TPSA) is 66.7 Å². The normalized spacial score (nSPS) is 11.0. The van der Waals surface area contributed by atoms with Gasteiger partial charge in [0.1, 0.15) is 0 Å². The van der Waals surface area contributed by atoms with E-state index in [1.807, 2.05) is 55.5 Å². The molecule has 0 atom stereocenters. The summed E-state index contributed by atoms with van der Waals surface area (Å²) >= 11 is 0. The molecule has 0 aliphatic carbocycles. The van der Waals surface area contributed by atoms with Gasteiger partial charge in [0.2, 0.25) is 0 Å². The second-order valence-electron chi connectivity index (χ2n) is 5.09. The molecule has 2 heterocycles. The van der Waals surface area contributed by atoms with E-state index in [2.05, 4.69) is 20.5 Å². The van der Waals surface area contributed by atoms with Gasteiger partial charge in [-0.25, -0.2) is 4.98 Å². The molecule has 2 N–H and O–H groups in total. The van der Waals surface area contributed by atoms with Gasteiger partial charge < -0.3 is 9.73 Å². The fourth-order valence-corrected chi connectivity index (χ4v) is 2.41. The first-order valence-corrected chi connectivity index (χ1v) is 7.02. The van der Waals surface area contributed by atoms with Crippen LogP contribution in [0.4, 0.5) is 11.7 Å². The van der Waals surface area contributed by atoms with Gasteiger partial charge in [-0.3, -0.25) is 5.10 Å². The van der Waals surface area contributed by atoms with Crippen LogP contribution in [0.25, 0.3) is 22.2 Å². The van der Waals surface area contributed by atoms with Crippen LogP contribution >= 0.6 is 0 Å². The number of nitrogens with zero attached hydrogens (tertiary/aromatic N) is 2. The van der Waals surface area contributed by atoms with E-state index in [1.165, 1.54) is 0 Å². The van der Waals surface area contributed by atoms with Gasteiger partial charge in [-0.1, -0.05) is 30.3 Å².